The first kappa shape index (κ1) is 16.6. The highest BCUT2D eigenvalue weighted by Gasteiger charge is 2.38. The Bertz CT molecular complexity index is 513. The maximum absolute atomic E-state index is 12.6. The third-order valence-corrected chi connectivity index (χ3v) is 5.21. The van der Waals surface area contributed by atoms with Gasteiger partial charge in [-0.2, -0.15) is 0 Å². The first-order chi connectivity index (χ1) is 9.98. The van der Waals surface area contributed by atoms with Crippen molar-refractivity contribution in [2.24, 2.45) is 11.1 Å². The van der Waals surface area contributed by atoms with Gasteiger partial charge in [-0.25, -0.2) is 0 Å². The largest absolute Gasteiger partial charge is 0.349 e. The highest BCUT2D eigenvalue weighted by Crippen LogP contribution is 2.36. The Morgan fingerprint density at radius 3 is 2.52 bits per heavy atom. The quantitative estimate of drug-likeness (QED) is 0.874. The van der Waals surface area contributed by atoms with Gasteiger partial charge in [0.05, 0.1) is 21.5 Å². The number of halogens is 2. The topological polar surface area (TPSA) is 55.1 Å². The predicted molar refractivity (Wildman–Crippen MR) is 87.6 cm³/mol. The first-order valence-electron chi connectivity index (χ1n) is 7.44. The molecule has 5 heteroatoms. The van der Waals surface area contributed by atoms with Crippen LogP contribution in [0.15, 0.2) is 18.2 Å². The number of carbonyl (C=O) groups is 1. The van der Waals surface area contributed by atoms with E-state index >= 15 is 0 Å². The lowest BCUT2D eigenvalue weighted by atomic mass is 9.73. The fraction of sp³-hybridized carbons (Fsp3) is 0.562. The monoisotopic (exact) mass is 328 g/mol. The number of amides is 1. The molecule has 1 saturated carbocycles. The SMILES string of the molecule is CC(NC(=O)C1(CN)CCCCC1)c1ccc(Cl)c(Cl)c1. The molecule has 1 amide bonds. The lowest BCUT2D eigenvalue weighted by molar-refractivity contribution is -0.133. The number of benzene rings is 1. The van der Waals surface area contributed by atoms with Crippen LogP contribution in [0.25, 0.3) is 0 Å². The number of hydrogen-bond donors (Lipinski definition) is 2. The summed E-state index contributed by atoms with van der Waals surface area (Å²) in [6, 6.07) is 5.32. The average molecular weight is 329 g/mol. The van der Waals surface area contributed by atoms with Crippen LogP contribution in [0.1, 0.15) is 50.6 Å². The molecule has 3 nitrogen and oxygen atoms in total. The molecule has 0 spiro atoms. The number of nitrogens with two attached hydrogens (primary N) is 1. The summed E-state index contributed by atoms with van der Waals surface area (Å²) in [5, 5.41) is 4.10. The Kier molecular flexibility index (Phi) is 5.53. The van der Waals surface area contributed by atoms with Gasteiger partial charge in [-0.3, -0.25) is 4.79 Å². The van der Waals surface area contributed by atoms with E-state index in [0.717, 1.165) is 31.2 Å². The normalized spacial score (nSPS) is 19.0. The van der Waals surface area contributed by atoms with Gasteiger partial charge in [0.1, 0.15) is 0 Å². The van der Waals surface area contributed by atoms with E-state index < -0.39 is 5.41 Å². The van der Waals surface area contributed by atoms with Gasteiger partial charge in [0.2, 0.25) is 5.91 Å². The number of nitrogens with one attached hydrogen (secondary N) is 1. The van der Waals surface area contributed by atoms with Crippen LogP contribution in [0.4, 0.5) is 0 Å². The molecule has 0 heterocycles. The van der Waals surface area contributed by atoms with E-state index in [1.807, 2.05) is 13.0 Å². The summed E-state index contributed by atoms with van der Waals surface area (Å²) in [4.78, 5) is 12.6. The summed E-state index contributed by atoms with van der Waals surface area (Å²) in [6.07, 6.45) is 5.10. The third kappa shape index (κ3) is 3.71. The van der Waals surface area contributed by atoms with Gasteiger partial charge in [0.25, 0.3) is 0 Å². The molecule has 1 aliphatic rings. The lowest BCUT2D eigenvalue weighted by Crippen LogP contribution is -2.47. The van der Waals surface area contributed by atoms with Crippen molar-refractivity contribution in [3.05, 3.63) is 33.8 Å². The van der Waals surface area contributed by atoms with Gasteiger partial charge in [-0.05, 0) is 37.5 Å². The molecule has 0 aromatic heterocycles. The zero-order valence-electron chi connectivity index (χ0n) is 12.3. The van der Waals surface area contributed by atoms with Crippen molar-refractivity contribution in [2.75, 3.05) is 6.54 Å². The summed E-state index contributed by atoms with van der Waals surface area (Å²) in [6.45, 7) is 2.36. The van der Waals surface area contributed by atoms with E-state index in [1.54, 1.807) is 12.1 Å². The molecule has 2 rings (SSSR count). The van der Waals surface area contributed by atoms with E-state index in [-0.39, 0.29) is 11.9 Å². The van der Waals surface area contributed by atoms with E-state index in [1.165, 1.54) is 6.42 Å². The Balaban J connectivity index is 2.08. The van der Waals surface area contributed by atoms with Gasteiger partial charge in [0.15, 0.2) is 0 Å². The van der Waals surface area contributed by atoms with Gasteiger partial charge in [-0.15, -0.1) is 0 Å². The number of carbonyl (C=O) groups excluding carboxylic acids is 1. The smallest absolute Gasteiger partial charge is 0.227 e. The van der Waals surface area contributed by atoms with Crippen LogP contribution < -0.4 is 11.1 Å². The molecule has 1 unspecified atom stereocenters. The number of rotatable bonds is 4. The van der Waals surface area contributed by atoms with Gasteiger partial charge < -0.3 is 11.1 Å². The summed E-state index contributed by atoms with van der Waals surface area (Å²) in [5.74, 6) is 0.0586. The van der Waals surface area contributed by atoms with Crippen LogP contribution >= 0.6 is 23.2 Å². The minimum atomic E-state index is -0.400. The molecular weight excluding hydrogens is 307 g/mol. The molecule has 1 atom stereocenters. The lowest BCUT2D eigenvalue weighted by Gasteiger charge is -2.35. The van der Waals surface area contributed by atoms with Crippen LogP contribution in [0, 0.1) is 5.41 Å². The zero-order chi connectivity index (χ0) is 15.5. The summed E-state index contributed by atoms with van der Waals surface area (Å²) in [5.41, 5.74) is 6.44. The van der Waals surface area contributed by atoms with Gasteiger partial charge >= 0.3 is 0 Å². The Morgan fingerprint density at radius 2 is 1.95 bits per heavy atom. The van der Waals surface area contributed by atoms with Gasteiger partial charge in [-0.1, -0.05) is 48.5 Å². The van der Waals surface area contributed by atoms with Gasteiger partial charge in [0, 0.05) is 6.54 Å². The average Bonchev–Trinajstić information content (AvgIpc) is 2.50. The summed E-state index contributed by atoms with van der Waals surface area (Å²) >= 11 is 12.0. The fourth-order valence-electron chi connectivity index (χ4n) is 2.97. The van der Waals surface area contributed by atoms with Crippen molar-refractivity contribution in [3.63, 3.8) is 0 Å². The molecule has 21 heavy (non-hydrogen) atoms. The van der Waals surface area contributed by atoms with E-state index in [4.69, 9.17) is 28.9 Å². The summed E-state index contributed by atoms with van der Waals surface area (Å²) in [7, 11) is 0. The van der Waals surface area contributed by atoms with Crippen molar-refractivity contribution in [1.82, 2.24) is 5.32 Å². The molecule has 1 fully saturated rings. The highest BCUT2D eigenvalue weighted by atomic mass is 35.5. The maximum Gasteiger partial charge on any atom is 0.227 e. The third-order valence-electron chi connectivity index (χ3n) is 4.47. The van der Waals surface area contributed by atoms with Crippen LogP contribution in [-0.2, 0) is 4.79 Å². The Labute approximate surface area is 136 Å². The molecule has 0 saturated heterocycles. The molecule has 0 aliphatic heterocycles. The molecule has 116 valence electrons. The minimum absolute atomic E-state index is 0.0586. The molecule has 1 aromatic carbocycles. The second kappa shape index (κ2) is 6.99. The molecule has 1 aromatic rings. The van der Waals surface area contributed by atoms with Crippen molar-refractivity contribution in [1.29, 1.82) is 0 Å². The van der Waals surface area contributed by atoms with Crippen LogP contribution in [0.2, 0.25) is 10.0 Å². The number of hydrogen-bond acceptors (Lipinski definition) is 2. The van der Waals surface area contributed by atoms with E-state index in [9.17, 15) is 4.79 Å². The van der Waals surface area contributed by atoms with Crippen molar-refractivity contribution in [3.8, 4) is 0 Å². The summed E-state index contributed by atoms with van der Waals surface area (Å²) < 4.78 is 0. The minimum Gasteiger partial charge on any atom is -0.349 e. The van der Waals surface area contributed by atoms with E-state index in [0.29, 0.717) is 16.6 Å². The highest BCUT2D eigenvalue weighted by molar-refractivity contribution is 6.42. The Hall–Kier alpha value is -0.770. The van der Waals surface area contributed by atoms with Crippen molar-refractivity contribution in [2.45, 2.75) is 45.1 Å². The second-order valence-corrected chi connectivity index (χ2v) is 6.73. The van der Waals surface area contributed by atoms with Crippen LogP contribution in [0.3, 0.4) is 0 Å². The Morgan fingerprint density at radius 1 is 1.29 bits per heavy atom. The zero-order valence-corrected chi connectivity index (χ0v) is 13.8. The standard InChI is InChI=1S/C16H22Cl2N2O/c1-11(12-5-6-13(17)14(18)9-12)20-15(21)16(10-19)7-3-2-4-8-16/h5-6,9,11H,2-4,7-8,10,19H2,1H3,(H,20,21). The van der Waals surface area contributed by atoms with Crippen LogP contribution in [0.5, 0.6) is 0 Å². The second-order valence-electron chi connectivity index (χ2n) is 5.91. The molecule has 0 radical (unpaired) electrons. The maximum atomic E-state index is 12.6. The van der Waals surface area contributed by atoms with Crippen LogP contribution in [-0.4, -0.2) is 12.5 Å². The van der Waals surface area contributed by atoms with E-state index in [2.05, 4.69) is 5.32 Å². The molecule has 1 aliphatic carbocycles. The van der Waals surface area contributed by atoms with Crippen molar-refractivity contribution < 1.29 is 4.79 Å². The predicted octanol–water partition coefficient (Wildman–Crippen LogP) is 4.08. The first-order valence-corrected chi connectivity index (χ1v) is 8.20. The molecule has 0 bridgehead atoms. The fourth-order valence-corrected chi connectivity index (χ4v) is 3.27. The molecule has 3 N–H and O–H groups in total. The molecular formula is C16H22Cl2N2O. The van der Waals surface area contributed by atoms with Crippen molar-refractivity contribution >= 4 is 29.1 Å².